The molecule has 0 unspecified atom stereocenters. The van der Waals surface area contributed by atoms with Crippen molar-refractivity contribution in [1.29, 1.82) is 0 Å². The Morgan fingerprint density at radius 1 is 1.05 bits per heavy atom. The first kappa shape index (κ1) is 27.9. The van der Waals surface area contributed by atoms with E-state index in [9.17, 15) is 18.0 Å². The minimum absolute atomic E-state index is 0.0223. The highest BCUT2D eigenvalue weighted by atomic mass is 19.4. The molecule has 2 aromatic heterocycles. The van der Waals surface area contributed by atoms with Gasteiger partial charge in [-0.25, -0.2) is 15.0 Å². The van der Waals surface area contributed by atoms with Crippen LogP contribution in [0.25, 0.3) is 5.82 Å². The van der Waals surface area contributed by atoms with Crippen LogP contribution in [0.15, 0.2) is 67.3 Å². The van der Waals surface area contributed by atoms with Crippen LogP contribution in [0.1, 0.15) is 48.0 Å². The molecule has 214 valence electrons. The lowest BCUT2D eigenvalue weighted by molar-refractivity contribution is -0.137. The third-order valence-corrected chi connectivity index (χ3v) is 6.98. The number of carbonyl (C=O) groups excluding carboxylic acids is 1. The van der Waals surface area contributed by atoms with Gasteiger partial charge >= 0.3 is 6.18 Å². The maximum Gasteiger partial charge on any atom is 0.416 e. The van der Waals surface area contributed by atoms with Crippen molar-refractivity contribution in [1.82, 2.24) is 19.5 Å². The van der Waals surface area contributed by atoms with E-state index in [1.54, 1.807) is 29.1 Å². The number of methoxy groups -OCH3 is 1. The van der Waals surface area contributed by atoms with Gasteiger partial charge in [0, 0.05) is 48.0 Å². The highest BCUT2D eigenvalue weighted by Gasteiger charge is 2.30. The summed E-state index contributed by atoms with van der Waals surface area (Å²) < 4.78 is 46.4. The lowest BCUT2D eigenvalue weighted by atomic mass is 10.0. The number of nitrogens with one attached hydrogen (secondary N) is 3. The Morgan fingerprint density at radius 2 is 1.88 bits per heavy atom. The third-order valence-electron chi connectivity index (χ3n) is 6.98. The first-order valence-electron chi connectivity index (χ1n) is 13.3. The van der Waals surface area contributed by atoms with Crippen molar-refractivity contribution in [3.05, 3.63) is 78.4 Å². The van der Waals surface area contributed by atoms with Gasteiger partial charge in [0.05, 0.1) is 12.7 Å². The number of carbonyl (C=O) groups is 1. The first-order chi connectivity index (χ1) is 19.8. The molecule has 41 heavy (non-hydrogen) atoms. The lowest BCUT2D eigenvalue weighted by Gasteiger charge is -2.14. The van der Waals surface area contributed by atoms with Crippen molar-refractivity contribution in [2.75, 3.05) is 29.6 Å². The molecular weight excluding hydrogens is 535 g/mol. The second-order valence-corrected chi connectivity index (χ2v) is 9.86. The molecule has 0 radical (unpaired) electrons. The molecule has 1 aliphatic carbocycles. The van der Waals surface area contributed by atoms with Crippen LogP contribution >= 0.6 is 0 Å². The zero-order valence-corrected chi connectivity index (χ0v) is 22.4. The molecule has 0 saturated heterocycles. The summed E-state index contributed by atoms with van der Waals surface area (Å²) in [6.07, 6.45) is 6.63. The van der Waals surface area contributed by atoms with E-state index in [1.807, 2.05) is 6.07 Å². The van der Waals surface area contributed by atoms with E-state index in [0.717, 1.165) is 31.0 Å². The van der Waals surface area contributed by atoms with Crippen LogP contribution in [0.3, 0.4) is 0 Å². The summed E-state index contributed by atoms with van der Waals surface area (Å²) in [5, 5.41) is 9.08. The number of amides is 1. The van der Waals surface area contributed by atoms with Gasteiger partial charge in [-0.05, 0) is 42.7 Å². The maximum atomic E-state index is 13.1. The first-order valence-corrected chi connectivity index (χ1v) is 13.3. The summed E-state index contributed by atoms with van der Waals surface area (Å²) >= 11 is 0. The number of benzene rings is 2. The van der Waals surface area contributed by atoms with Gasteiger partial charge in [0.15, 0.2) is 0 Å². The summed E-state index contributed by atoms with van der Waals surface area (Å²) in [6.45, 7) is 0.839. The normalized spacial score (nSPS) is 13.7. The standard InChI is InChI=1S/C29H30F3N7O2/c1-41-24-14-20(27(40)37-22-8-4-7-21(15-22)29(30,31)32)13-23(16-24)38-28-34-11-12-39(28)26-17-25(35-18-36-26)33-10-9-19-5-2-3-6-19/h4,7-8,11-19H,2-3,5-6,9-10H2,1H3,(H,34,38)(H,37,40)(H,33,35,36). The van der Waals surface area contributed by atoms with Crippen molar-refractivity contribution in [3.63, 3.8) is 0 Å². The van der Waals surface area contributed by atoms with Gasteiger partial charge in [-0.2, -0.15) is 13.2 Å². The van der Waals surface area contributed by atoms with Crippen LogP contribution in [0.4, 0.5) is 36.3 Å². The van der Waals surface area contributed by atoms with Gasteiger partial charge in [-0.15, -0.1) is 0 Å². The molecule has 4 aromatic rings. The molecule has 3 N–H and O–H groups in total. The van der Waals surface area contributed by atoms with E-state index in [4.69, 9.17) is 4.74 Å². The van der Waals surface area contributed by atoms with Crippen molar-refractivity contribution < 1.29 is 22.7 Å². The molecule has 9 nitrogen and oxygen atoms in total. The van der Waals surface area contributed by atoms with Crippen molar-refractivity contribution in [3.8, 4) is 11.6 Å². The third kappa shape index (κ3) is 7.13. The van der Waals surface area contributed by atoms with Gasteiger partial charge < -0.3 is 20.7 Å². The summed E-state index contributed by atoms with van der Waals surface area (Å²) in [5.41, 5.74) is -0.172. The zero-order chi connectivity index (χ0) is 28.8. The maximum absolute atomic E-state index is 13.1. The Morgan fingerprint density at radius 3 is 2.66 bits per heavy atom. The van der Waals surface area contributed by atoms with Gasteiger partial charge in [0.25, 0.3) is 5.91 Å². The monoisotopic (exact) mass is 565 g/mol. The smallest absolute Gasteiger partial charge is 0.416 e. The van der Waals surface area contributed by atoms with E-state index in [0.29, 0.717) is 29.0 Å². The SMILES string of the molecule is COc1cc(Nc2nccn2-c2cc(NCCC3CCCC3)ncn2)cc(C(=O)Nc2cccc(C(F)(F)F)c2)c1. The number of rotatable bonds is 10. The molecule has 0 aliphatic heterocycles. The predicted octanol–water partition coefficient (Wildman–Crippen LogP) is 6.68. The Balaban J connectivity index is 1.31. The van der Waals surface area contributed by atoms with E-state index >= 15 is 0 Å². The summed E-state index contributed by atoms with van der Waals surface area (Å²) in [7, 11) is 1.46. The van der Waals surface area contributed by atoms with E-state index in [1.165, 1.54) is 57.3 Å². The number of halogens is 3. The number of ether oxygens (including phenoxy) is 1. The number of anilines is 4. The van der Waals surface area contributed by atoms with Crippen LogP contribution in [0, 0.1) is 5.92 Å². The summed E-state index contributed by atoms with van der Waals surface area (Å²) in [4.78, 5) is 26.1. The molecule has 1 fully saturated rings. The fourth-order valence-electron chi connectivity index (χ4n) is 4.89. The average Bonchev–Trinajstić information content (AvgIpc) is 3.65. The van der Waals surface area contributed by atoms with Crippen molar-refractivity contribution in [2.45, 2.75) is 38.3 Å². The number of hydrogen-bond acceptors (Lipinski definition) is 7. The molecular formula is C29H30F3N7O2. The molecule has 5 rings (SSSR count). The molecule has 0 atom stereocenters. The zero-order valence-electron chi connectivity index (χ0n) is 22.4. The molecule has 1 saturated carbocycles. The Labute approximate surface area is 235 Å². The summed E-state index contributed by atoms with van der Waals surface area (Å²) in [6, 6.07) is 11.0. The second kappa shape index (κ2) is 12.3. The van der Waals surface area contributed by atoms with E-state index in [-0.39, 0.29) is 11.3 Å². The van der Waals surface area contributed by atoms with Crippen LogP contribution in [-0.4, -0.2) is 39.1 Å². The minimum Gasteiger partial charge on any atom is -0.497 e. The van der Waals surface area contributed by atoms with Gasteiger partial charge in [0.1, 0.15) is 23.7 Å². The number of imidazole rings is 1. The lowest BCUT2D eigenvalue weighted by Crippen LogP contribution is -2.14. The van der Waals surface area contributed by atoms with Crippen LogP contribution < -0.4 is 20.7 Å². The fourth-order valence-corrected chi connectivity index (χ4v) is 4.89. The van der Waals surface area contributed by atoms with Gasteiger partial charge in [-0.1, -0.05) is 31.7 Å². The Bertz CT molecular complexity index is 1500. The fraction of sp³-hybridized carbons (Fsp3) is 0.310. The molecule has 0 spiro atoms. The number of nitrogens with zero attached hydrogens (tertiary/aromatic N) is 4. The van der Waals surface area contributed by atoms with Crippen LogP contribution in [0.5, 0.6) is 5.75 Å². The molecule has 2 heterocycles. The number of aromatic nitrogens is 4. The van der Waals surface area contributed by atoms with Crippen LogP contribution in [-0.2, 0) is 6.18 Å². The largest absolute Gasteiger partial charge is 0.497 e. The van der Waals surface area contributed by atoms with E-state index < -0.39 is 17.6 Å². The summed E-state index contributed by atoms with van der Waals surface area (Å²) in [5.74, 6) is 2.28. The average molecular weight is 566 g/mol. The van der Waals surface area contributed by atoms with Crippen LogP contribution in [0.2, 0.25) is 0 Å². The topological polar surface area (TPSA) is 106 Å². The van der Waals surface area contributed by atoms with Gasteiger partial charge in [0.2, 0.25) is 5.95 Å². The van der Waals surface area contributed by atoms with Crippen molar-refractivity contribution >= 4 is 29.0 Å². The molecule has 1 aliphatic rings. The molecule has 0 bridgehead atoms. The molecule has 1 amide bonds. The Hall–Kier alpha value is -4.61. The number of alkyl halides is 3. The van der Waals surface area contributed by atoms with E-state index in [2.05, 4.69) is 30.9 Å². The quantitative estimate of drug-likeness (QED) is 0.197. The van der Waals surface area contributed by atoms with Gasteiger partial charge in [-0.3, -0.25) is 9.36 Å². The highest BCUT2D eigenvalue weighted by Crippen LogP contribution is 2.31. The van der Waals surface area contributed by atoms with Crippen molar-refractivity contribution in [2.24, 2.45) is 5.92 Å². The molecule has 12 heteroatoms. The second-order valence-electron chi connectivity index (χ2n) is 9.86. The Kier molecular flexibility index (Phi) is 8.37. The highest BCUT2D eigenvalue weighted by molar-refractivity contribution is 6.05. The minimum atomic E-state index is -4.52. The number of hydrogen-bond donors (Lipinski definition) is 3. The predicted molar refractivity (Wildman–Crippen MR) is 150 cm³/mol. The molecule has 2 aromatic carbocycles.